The van der Waals surface area contributed by atoms with Crippen molar-refractivity contribution >= 4 is 71.6 Å². The average Bonchev–Trinajstić information content (AvgIpc) is 3.96. The van der Waals surface area contributed by atoms with Crippen molar-refractivity contribution in [3.63, 3.8) is 0 Å². The SMILES string of the molecule is c1ccc(-c2ccc(N(c3ccc(-c4ccc(-n5c6ccccc6c6ccccc65)cc4)cc3)c3ccc(-c4cccc5cccc(-c6ccccc6)c45)cc3)c3c2oc2ccccc23)cc1. The number of hydrogen-bond donors (Lipinski definition) is 0. The highest BCUT2D eigenvalue weighted by atomic mass is 16.3. The van der Waals surface area contributed by atoms with E-state index in [4.69, 9.17) is 4.42 Å². The minimum Gasteiger partial charge on any atom is -0.455 e. The smallest absolute Gasteiger partial charge is 0.145 e. The molecule has 2 aromatic heterocycles. The zero-order valence-corrected chi connectivity index (χ0v) is 36.6. The molecule has 11 aromatic carbocycles. The Bertz CT molecular complexity index is 3880. The van der Waals surface area contributed by atoms with Gasteiger partial charge in [0.25, 0.3) is 0 Å². The van der Waals surface area contributed by atoms with Gasteiger partial charge in [-0.3, -0.25) is 0 Å². The summed E-state index contributed by atoms with van der Waals surface area (Å²) in [5.74, 6) is 0. The minimum absolute atomic E-state index is 0.863. The molecule has 2 heterocycles. The number of benzene rings is 11. The molecule has 0 saturated carbocycles. The van der Waals surface area contributed by atoms with E-state index in [9.17, 15) is 0 Å². The van der Waals surface area contributed by atoms with Crippen LogP contribution >= 0.6 is 0 Å². The summed E-state index contributed by atoms with van der Waals surface area (Å²) in [6.45, 7) is 0. The fourth-order valence-electron chi connectivity index (χ4n) is 10.3. The van der Waals surface area contributed by atoms with Crippen molar-refractivity contribution in [2.45, 2.75) is 0 Å². The second-order valence-corrected chi connectivity index (χ2v) is 17.2. The first-order chi connectivity index (χ1) is 33.2. The summed E-state index contributed by atoms with van der Waals surface area (Å²) in [5, 5.41) is 7.15. The molecule has 13 rings (SSSR count). The molecule has 0 N–H and O–H groups in total. The molecule has 0 atom stereocenters. The zero-order chi connectivity index (χ0) is 44.3. The molecule has 3 nitrogen and oxygen atoms in total. The van der Waals surface area contributed by atoms with Gasteiger partial charge >= 0.3 is 0 Å². The summed E-state index contributed by atoms with van der Waals surface area (Å²) in [5.41, 5.74) is 17.7. The Kier molecular flexibility index (Phi) is 9.17. The van der Waals surface area contributed by atoms with E-state index in [1.807, 2.05) is 6.07 Å². The molecule has 0 aliphatic heterocycles. The van der Waals surface area contributed by atoms with E-state index in [1.165, 1.54) is 49.3 Å². The number of rotatable bonds is 8. The van der Waals surface area contributed by atoms with E-state index >= 15 is 0 Å². The maximum atomic E-state index is 6.80. The van der Waals surface area contributed by atoms with Gasteiger partial charge in [-0.25, -0.2) is 0 Å². The minimum atomic E-state index is 0.863. The highest BCUT2D eigenvalue weighted by Crippen LogP contribution is 2.47. The van der Waals surface area contributed by atoms with E-state index in [-0.39, 0.29) is 0 Å². The molecule has 0 amide bonds. The third-order valence-corrected chi connectivity index (χ3v) is 13.4. The Morgan fingerprint density at radius 2 is 0.791 bits per heavy atom. The van der Waals surface area contributed by atoms with Crippen molar-refractivity contribution in [3.05, 3.63) is 255 Å². The summed E-state index contributed by atoms with van der Waals surface area (Å²) in [6.07, 6.45) is 0. The fourth-order valence-corrected chi connectivity index (χ4v) is 10.3. The van der Waals surface area contributed by atoms with Crippen LogP contribution in [-0.2, 0) is 0 Å². The lowest BCUT2D eigenvalue weighted by atomic mass is 9.91. The van der Waals surface area contributed by atoms with Crippen molar-refractivity contribution in [1.29, 1.82) is 0 Å². The summed E-state index contributed by atoms with van der Waals surface area (Å²) in [4.78, 5) is 2.39. The third kappa shape index (κ3) is 6.51. The Morgan fingerprint density at radius 1 is 0.313 bits per heavy atom. The molecule has 0 radical (unpaired) electrons. The van der Waals surface area contributed by atoms with Gasteiger partial charge in [-0.1, -0.05) is 188 Å². The van der Waals surface area contributed by atoms with Crippen molar-refractivity contribution < 1.29 is 4.42 Å². The summed E-state index contributed by atoms with van der Waals surface area (Å²) >= 11 is 0. The van der Waals surface area contributed by atoms with Gasteiger partial charge in [-0.15, -0.1) is 0 Å². The maximum Gasteiger partial charge on any atom is 0.145 e. The van der Waals surface area contributed by atoms with Crippen LogP contribution in [0, 0.1) is 0 Å². The highest BCUT2D eigenvalue weighted by molar-refractivity contribution is 6.17. The van der Waals surface area contributed by atoms with Crippen LogP contribution in [-0.4, -0.2) is 4.57 Å². The molecule has 0 aliphatic rings. The molecule has 67 heavy (non-hydrogen) atoms. The first-order valence-corrected chi connectivity index (χ1v) is 22.9. The van der Waals surface area contributed by atoms with Crippen molar-refractivity contribution in [1.82, 2.24) is 4.57 Å². The van der Waals surface area contributed by atoms with Crippen molar-refractivity contribution in [3.8, 4) is 50.2 Å². The van der Waals surface area contributed by atoms with Gasteiger partial charge in [-0.2, -0.15) is 0 Å². The number of nitrogens with zero attached hydrogens (tertiary/aromatic N) is 2. The number of anilines is 3. The van der Waals surface area contributed by atoms with Crippen LogP contribution in [0.1, 0.15) is 0 Å². The van der Waals surface area contributed by atoms with Crippen LogP contribution in [0.15, 0.2) is 259 Å². The quantitative estimate of drug-likeness (QED) is 0.152. The van der Waals surface area contributed by atoms with Gasteiger partial charge in [0, 0.05) is 38.8 Å². The topological polar surface area (TPSA) is 21.3 Å². The largest absolute Gasteiger partial charge is 0.455 e. The number of para-hydroxylation sites is 3. The molecule has 13 aromatic rings. The number of fused-ring (bicyclic) bond motifs is 7. The standard InChI is InChI=1S/C64H42N2O/c1-3-15-45(16-4-1)52-24-13-19-48-20-14-25-53(62(48)52)47-33-39-50(40-34-47)65(60-42-41-54(46-17-5-2-6-18-46)64-63(60)57-23-9-12-28-61(57)67-64)49-35-29-43(30-36-49)44-31-37-51(38-32-44)66-58-26-10-7-21-55(58)56-22-8-11-27-59(56)66/h1-42H. The second-order valence-electron chi connectivity index (χ2n) is 17.2. The normalized spacial score (nSPS) is 11.6. The molecule has 314 valence electrons. The van der Waals surface area contributed by atoms with Crippen LogP contribution in [0.4, 0.5) is 17.1 Å². The maximum absolute atomic E-state index is 6.80. The van der Waals surface area contributed by atoms with Crippen molar-refractivity contribution in [2.75, 3.05) is 4.90 Å². The predicted molar refractivity (Wildman–Crippen MR) is 282 cm³/mol. The molecule has 0 aliphatic carbocycles. The zero-order valence-electron chi connectivity index (χ0n) is 36.6. The van der Waals surface area contributed by atoms with Gasteiger partial charge < -0.3 is 13.9 Å². The number of furan rings is 1. The first-order valence-electron chi connectivity index (χ1n) is 22.9. The fraction of sp³-hybridized carbons (Fsp3) is 0. The van der Waals surface area contributed by atoms with Crippen LogP contribution in [0.2, 0.25) is 0 Å². The number of aromatic nitrogens is 1. The Morgan fingerprint density at radius 3 is 1.39 bits per heavy atom. The van der Waals surface area contributed by atoms with E-state index in [1.54, 1.807) is 0 Å². The summed E-state index contributed by atoms with van der Waals surface area (Å²) in [7, 11) is 0. The van der Waals surface area contributed by atoms with E-state index in [0.717, 1.165) is 72.5 Å². The van der Waals surface area contributed by atoms with Crippen LogP contribution in [0.25, 0.3) is 105 Å². The molecule has 0 bridgehead atoms. The lowest BCUT2D eigenvalue weighted by molar-refractivity contribution is 0.670. The van der Waals surface area contributed by atoms with Gasteiger partial charge in [-0.05, 0) is 116 Å². The van der Waals surface area contributed by atoms with Gasteiger partial charge in [0.1, 0.15) is 11.2 Å². The Balaban J connectivity index is 0.940. The highest BCUT2D eigenvalue weighted by Gasteiger charge is 2.23. The summed E-state index contributed by atoms with van der Waals surface area (Å²) < 4.78 is 9.17. The average molecular weight is 855 g/mol. The Labute approximate surface area is 388 Å². The van der Waals surface area contributed by atoms with Crippen molar-refractivity contribution in [2.24, 2.45) is 0 Å². The first kappa shape index (κ1) is 38.5. The van der Waals surface area contributed by atoms with Gasteiger partial charge in [0.2, 0.25) is 0 Å². The molecule has 0 spiro atoms. The van der Waals surface area contributed by atoms with Crippen LogP contribution in [0.3, 0.4) is 0 Å². The monoisotopic (exact) mass is 854 g/mol. The Hall–Kier alpha value is -8.92. The molecule has 3 heteroatoms. The van der Waals surface area contributed by atoms with Gasteiger partial charge in [0.15, 0.2) is 0 Å². The predicted octanol–water partition coefficient (Wildman–Crippen LogP) is 18.0. The van der Waals surface area contributed by atoms with Crippen LogP contribution < -0.4 is 4.90 Å². The van der Waals surface area contributed by atoms with E-state index < -0.39 is 0 Å². The lowest BCUT2D eigenvalue weighted by Gasteiger charge is -2.27. The molecular weight excluding hydrogens is 813 g/mol. The number of hydrogen-bond acceptors (Lipinski definition) is 2. The van der Waals surface area contributed by atoms with E-state index in [2.05, 4.69) is 258 Å². The molecule has 0 fully saturated rings. The third-order valence-electron chi connectivity index (χ3n) is 13.4. The molecular formula is C64H42N2O. The van der Waals surface area contributed by atoms with Gasteiger partial charge in [0.05, 0.1) is 22.1 Å². The van der Waals surface area contributed by atoms with Crippen LogP contribution in [0.5, 0.6) is 0 Å². The second kappa shape index (κ2) is 16.0. The molecule has 0 saturated heterocycles. The summed E-state index contributed by atoms with van der Waals surface area (Å²) in [6, 6.07) is 91.7. The van der Waals surface area contributed by atoms with E-state index in [0.29, 0.717) is 0 Å². The lowest BCUT2D eigenvalue weighted by Crippen LogP contribution is -2.10. The molecule has 0 unspecified atom stereocenters.